The van der Waals surface area contributed by atoms with Crippen molar-refractivity contribution in [1.29, 1.82) is 0 Å². The summed E-state index contributed by atoms with van der Waals surface area (Å²) < 4.78 is 1.90. The number of nitrogens with zero attached hydrogens (tertiary/aromatic N) is 4. The fraction of sp³-hybridized carbons (Fsp3) is 0.654. The molecule has 1 aromatic carbocycles. The molecule has 0 saturated heterocycles. The minimum Gasteiger partial charge on any atom is -0.330 e. The first kappa shape index (κ1) is 24.7. The lowest BCUT2D eigenvalue weighted by Gasteiger charge is -2.03. The number of nitrogens with one attached hydrogen (secondary N) is 1. The Balaban J connectivity index is 1.20. The summed E-state index contributed by atoms with van der Waals surface area (Å²) in [7, 11) is 0. The molecule has 0 radical (unpaired) electrons. The van der Waals surface area contributed by atoms with E-state index in [1.54, 1.807) is 11.3 Å². The minimum absolute atomic E-state index is 0.860. The average Bonchev–Trinajstić information content (AvgIpc) is 3.38. The normalized spacial score (nSPS) is 11.4. The molecule has 1 N–H and O–H groups in total. The smallest absolute Gasteiger partial charge is 0.236 e. The number of unbranched alkanes of at least 4 members (excludes halogenated alkanes) is 14. The molecule has 0 unspecified atom stereocenters. The van der Waals surface area contributed by atoms with E-state index < -0.39 is 0 Å². The molecule has 32 heavy (non-hydrogen) atoms. The second-order valence-electron chi connectivity index (χ2n) is 8.91. The predicted octanol–water partition coefficient (Wildman–Crippen LogP) is 8.34. The highest BCUT2D eigenvalue weighted by Gasteiger charge is 2.11. The van der Waals surface area contributed by atoms with E-state index in [9.17, 15) is 0 Å². The van der Waals surface area contributed by atoms with Gasteiger partial charge in [0, 0.05) is 12.1 Å². The van der Waals surface area contributed by atoms with Gasteiger partial charge in [-0.3, -0.25) is 0 Å². The lowest BCUT2D eigenvalue weighted by atomic mass is 10.0. The molecule has 3 aromatic rings. The van der Waals surface area contributed by atoms with E-state index in [1.165, 1.54) is 89.9 Å². The third kappa shape index (κ3) is 8.89. The number of aryl methyl sites for hydroxylation is 1. The largest absolute Gasteiger partial charge is 0.330 e. The van der Waals surface area contributed by atoms with Gasteiger partial charge in [0.25, 0.3) is 0 Å². The molecule has 2 heterocycles. The summed E-state index contributed by atoms with van der Waals surface area (Å²) >= 11 is 1.54. The quantitative estimate of drug-likeness (QED) is 0.196. The van der Waals surface area contributed by atoms with Crippen molar-refractivity contribution in [2.24, 2.45) is 0 Å². The first-order chi connectivity index (χ1) is 15.9. The molecule has 5 nitrogen and oxygen atoms in total. The van der Waals surface area contributed by atoms with Crippen molar-refractivity contribution in [2.75, 3.05) is 5.32 Å². The van der Waals surface area contributed by atoms with Crippen molar-refractivity contribution < 1.29 is 0 Å². The summed E-state index contributed by atoms with van der Waals surface area (Å²) in [5.41, 5.74) is 1.04. The molecule has 2 aromatic heterocycles. The number of benzene rings is 1. The molecule has 0 atom stereocenters. The highest BCUT2D eigenvalue weighted by molar-refractivity contribution is 7.20. The van der Waals surface area contributed by atoms with Crippen molar-refractivity contribution in [3.63, 3.8) is 0 Å². The van der Waals surface area contributed by atoms with Crippen LogP contribution in [0.25, 0.3) is 4.96 Å². The van der Waals surface area contributed by atoms with Crippen LogP contribution in [0.5, 0.6) is 0 Å². The zero-order chi connectivity index (χ0) is 22.3. The van der Waals surface area contributed by atoms with Crippen molar-refractivity contribution in [3.8, 4) is 0 Å². The van der Waals surface area contributed by atoms with Gasteiger partial charge in [-0.15, -0.1) is 15.3 Å². The summed E-state index contributed by atoms with van der Waals surface area (Å²) in [6.07, 6.45) is 21.8. The molecule has 0 fully saturated rings. The van der Waals surface area contributed by atoms with E-state index in [4.69, 9.17) is 0 Å². The van der Waals surface area contributed by atoms with Gasteiger partial charge < -0.3 is 5.32 Å². The average molecular weight is 456 g/mol. The summed E-state index contributed by atoms with van der Waals surface area (Å²) in [4.78, 5) is 0.861. The van der Waals surface area contributed by atoms with Crippen LogP contribution in [0.2, 0.25) is 0 Å². The molecular weight excluding hydrogens is 414 g/mol. The van der Waals surface area contributed by atoms with Gasteiger partial charge in [-0.2, -0.15) is 4.52 Å². The Morgan fingerprint density at radius 3 is 1.88 bits per heavy atom. The van der Waals surface area contributed by atoms with Crippen LogP contribution in [0.3, 0.4) is 0 Å². The highest BCUT2D eigenvalue weighted by Crippen LogP contribution is 2.23. The van der Waals surface area contributed by atoms with Gasteiger partial charge in [0.05, 0.1) is 0 Å². The Labute approximate surface area is 198 Å². The van der Waals surface area contributed by atoms with Crippen LogP contribution < -0.4 is 5.32 Å². The van der Waals surface area contributed by atoms with Crippen molar-refractivity contribution in [1.82, 2.24) is 19.8 Å². The molecular formula is C26H41N5S. The van der Waals surface area contributed by atoms with E-state index in [-0.39, 0.29) is 0 Å². The van der Waals surface area contributed by atoms with E-state index in [0.29, 0.717) is 0 Å². The molecule has 0 amide bonds. The molecule has 0 bridgehead atoms. The number of para-hydroxylation sites is 1. The zero-order valence-corrected chi connectivity index (χ0v) is 20.7. The van der Waals surface area contributed by atoms with Gasteiger partial charge >= 0.3 is 0 Å². The van der Waals surface area contributed by atoms with Gasteiger partial charge in [0.15, 0.2) is 5.82 Å². The van der Waals surface area contributed by atoms with Crippen molar-refractivity contribution in [3.05, 3.63) is 36.2 Å². The molecule has 0 aliphatic rings. The van der Waals surface area contributed by atoms with Crippen LogP contribution in [-0.2, 0) is 6.42 Å². The van der Waals surface area contributed by atoms with Gasteiger partial charge in [0.2, 0.25) is 10.1 Å². The Hall–Kier alpha value is -1.95. The fourth-order valence-electron chi connectivity index (χ4n) is 4.16. The maximum atomic E-state index is 4.66. The lowest BCUT2D eigenvalue weighted by Crippen LogP contribution is -1.98. The number of aromatic nitrogens is 4. The van der Waals surface area contributed by atoms with Crippen LogP contribution in [0, 0.1) is 0 Å². The number of hydrogen-bond donors (Lipinski definition) is 1. The van der Waals surface area contributed by atoms with Crippen LogP contribution in [0.15, 0.2) is 30.3 Å². The summed E-state index contributed by atoms with van der Waals surface area (Å²) in [6.45, 7) is 2.29. The summed E-state index contributed by atoms with van der Waals surface area (Å²) in [5, 5.41) is 17.5. The number of fused-ring (bicyclic) bond motifs is 1. The van der Waals surface area contributed by atoms with Crippen LogP contribution in [0.1, 0.15) is 109 Å². The Morgan fingerprint density at radius 2 is 1.28 bits per heavy atom. The second-order valence-corrected chi connectivity index (χ2v) is 9.86. The first-order valence-electron chi connectivity index (χ1n) is 12.9. The van der Waals surface area contributed by atoms with Gasteiger partial charge in [0.1, 0.15) is 0 Å². The monoisotopic (exact) mass is 455 g/mol. The Bertz CT molecular complexity index is 858. The second kappa shape index (κ2) is 15.0. The van der Waals surface area contributed by atoms with E-state index in [2.05, 4.69) is 27.5 Å². The van der Waals surface area contributed by atoms with Crippen molar-refractivity contribution >= 4 is 27.1 Å². The first-order valence-corrected chi connectivity index (χ1v) is 13.7. The Morgan fingerprint density at radius 1 is 0.719 bits per heavy atom. The molecule has 0 aliphatic carbocycles. The summed E-state index contributed by atoms with van der Waals surface area (Å²) in [5.74, 6) is 0.979. The molecule has 0 aliphatic heterocycles. The molecule has 6 heteroatoms. The van der Waals surface area contributed by atoms with Gasteiger partial charge in [-0.25, -0.2) is 0 Å². The third-order valence-corrected chi connectivity index (χ3v) is 6.90. The summed E-state index contributed by atoms with van der Waals surface area (Å²) in [6, 6.07) is 10.1. The van der Waals surface area contributed by atoms with Crippen LogP contribution in [0.4, 0.5) is 10.8 Å². The highest BCUT2D eigenvalue weighted by atomic mass is 32.1. The predicted molar refractivity (Wildman–Crippen MR) is 137 cm³/mol. The number of hydrogen-bond acceptors (Lipinski definition) is 5. The standard InChI is InChI=1S/C26H41N5S/c1-2-3-4-5-6-7-8-9-10-11-12-13-14-15-19-22-24-28-29-26-31(24)30-25(32-26)27-23-20-17-16-18-21-23/h16-18,20-21H,2-15,19,22H2,1H3,(H,27,30). The van der Waals surface area contributed by atoms with Crippen LogP contribution >= 0.6 is 11.3 Å². The van der Waals surface area contributed by atoms with Gasteiger partial charge in [-0.1, -0.05) is 126 Å². The zero-order valence-electron chi connectivity index (χ0n) is 19.9. The minimum atomic E-state index is 0.860. The topological polar surface area (TPSA) is 55.1 Å². The van der Waals surface area contributed by atoms with E-state index in [1.807, 2.05) is 34.8 Å². The van der Waals surface area contributed by atoms with Crippen molar-refractivity contribution in [2.45, 2.75) is 110 Å². The fourth-order valence-corrected chi connectivity index (χ4v) is 4.94. The molecule has 3 rings (SSSR count). The van der Waals surface area contributed by atoms with E-state index in [0.717, 1.165) is 34.4 Å². The molecule has 176 valence electrons. The molecule has 0 saturated carbocycles. The van der Waals surface area contributed by atoms with Crippen LogP contribution in [-0.4, -0.2) is 19.8 Å². The SMILES string of the molecule is CCCCCCCCCCCCCCCCCc1nnc2sc(Nc3ccccc3)nn12. The third-order valence-electron chi connectivity index (χ3n) is 6.08. The van der Waals surface area contributed by atoms with Gasteiger partial charge in [-0.05, 0) is 18.6 Å². The Kier molecular flexibility index (Phi) is 11.6. The maximum absolute atomic E-state index is 4.66. The van der Waals surface area contributed by atoms with E-state index >= 15 is 0 Å². The lowest BCUT2D eigenvalue weighted by molar-refractivity contribution is 0.531. The number of anilines is 2. The number of rotatable bonds is 18. The molecule has 0 spiro atoms. The maximum Gasteiger partial charge on any atom is 0.236 e.